The Hall–Kier alpha value is -1.05. The first-order valence-electron chi connectivity index (χ1n) is 3.86. The van der Waals surface area contributed by atoms with Gasteiger partial charge in [-0.15, -0.1) is 0 Å². The Morgan fingerprint density at radius 2 is 2.45 bits per heavy atom. The van der Waals surface area contributed by atoms with Crippen LogP contribution in [0.2, 0.25) is 0 Å². The maximum absolute atomic E-state index is 10.9. The van der Waals surface area contributed by atoms with Gasteiger partial charge in [-0.1, -0.05) is 19.1 Å². The van der Waals surface area contributed by atoms with Crippen molar-refractivity contribution in [2.24, 2.45) is 11.8 Å². The molecule has 1 aliphatic heterocycles. The summed E-state index contributed by atoms with van der Waals surface area (Å²) in [7, 11) is 0. The van der Waals surface area contributed by atoms with E-state index in [0.29, 0.717) is 18.3 Å². The van der Waals surface area contributed by atoms with Crippen LogP contribution in [0.1, 0.15) is 13.3 Å². The van der Waals surface area contributed by atoms with E-state index in [-0.39, 0.29) is 5.97 Å². The van der Waals surface area contributed by atoms with Gasteiger partial charge in [-0.05, 0) is 12.0 Å². The van der Waals surface area contributed by atoms with Crippen LogP contribution in [-0.4, -0.2) is 5.97 Å². The minimum atomic E-state index is -0.0863. The first kappa shape index (κ1) is 6.65. The van der Waals surface area contributed by atoms with Gasteiger partial charge in [0.2, 0.25) is 0 Å². The maximum atomic E-state index is 10.9. The van der Waals surface area contributed by atoms with Crippen LogP contribution < -0.4 is 0 Å². The Kier molecular flexibility index (Phi) is 1.34. The number of carbonyl (C=O) groups excluding carboxylic acids is 1. The zero-order valence-corrected chi connectivity index (χ0v) is 6.41. The van der Waals surface area contributed by atoms with Gasteiger partial charge in [0.15, 0.2) is 0 Å². The molecule has 2 aliphatic rings. The zero-order valence-electron chi connectivity index (χ0n) is 6.41. The smallest absolute Gasteiger partial charge is 0.311 e. The lowest BCUT2D eigenvalue weighted by molar-refractivity contribution is -0.135. The molecule has 1 aliphatic carbocycles. The van der Waals surface area contributed by atoms with Gasteiger partial charge in [0.1, 0.15) is 5.76 Å². The molecule has 58 valence electrons. The standard InChI is InChI=1S/C9H10O2/c1-6-3-2-4-8-7(6)5-9(10)11-8/h2-4,6-7H,5H2,1H3. The molecule has 2 nitrogen and oxygen atoms in total. The van der Waals surface area contributed by atoms with E-state index in [0.717, 1.165) is 5.76 Å². The molecule has 0 spiro atoms. The van der Waals surface area contributed by atoms with E-state index in [1.54, 1.807) is 0 Å². The van der Waals surface area contributed by atoms with Crippen molar-refractivity contribution >= 4 is 5.97 Å². The Morgan fingerprint density at radius 3 is 3.18 bits per heavy atom. The molecule has 0 aromatic rings. The molecule has 0 bridgehead atoms. The van der Waals surface area contributed by atoms with Crippen LogP contribution in [0, 0.1) is 11.8 Å². The van der Waals surface area contributed by atoms with E-state index in [9.17, 15) is 4.79 Å². The van der Waals surface area contributed by atoms with Crippen LogP contribution >= 0.6 is 0 Å². The highest BCUT2D eigenvalue weighted by Crippen LogP contribution is 2.35. The van der Waals surface area contributed by atoms with Crippen LogP contribution in [0.5, 0.6) is 0 Å². The second-order valence-corrected chi connectivity index (χ2v) is 3.10. The number of rotatable bonds is 0. The van der Waals surface area contributed by atoms with Crippen molar-refractivity contribution in [3.63, 3.8) is 0 Å². The SMILES string of the molecule is CC1C=CC=C2OC(=O)CC21. The Bertz CT molecular complexity index is 250. The lowest BCUT2D eigenvalue weighted by Crippen LogP contribution is -2.09. The first-order valence-corrected chi connectivity index (χ1v) is 3.86. The lowest BCUT2D eigenvalue weighted by atomic mass is 9.87. The lowest BCUT2D eigenvalue weighted by Gasteiger charge is -2.16. The van der Waals surface area contributed by atoms with Crippen molar-refractivity contribution in [1.82, 2.24) is 0 Å². The fourth-order valence-electron chi connectivity index (χ4n) is 1.59. The van der Waals surface area contributed by atoms with Crippen LogP contribution in [0.4, 0.5) is 0 Å². The highest BCUT2D eigenvalue weighted by molar-refractivity contribution is 5.74. The molecule has 2 atom stereocenters. The van der Waals surface area contributed by atoms with Gasteiger partial charge in [-0.25, -0.2) is 0 Å². The molecule has 11 heavy (non-hydrogen) atoms. The van der Waals surface area contributed by atoms with Gasteiger partial charge >= 0.3 is 5.97 Å². The third-order valence-corrected chi connectivity index (χ3v) is 2.29. The van der Waals surface area contributed by atoms with Crippen LogP contribution in [0.3, 0.4) is 0 Å². The first-order chi connectivity index (χ1) is 5.27. The molecule has 2 rings (SSSR count). The molecule has 0 saturated carbocycles. The number of hydrogen-bond acceptors (Lipinski definition) is 2. The molecular weight excluding hydrogens is 140 g/mol. The average Bonchev–Trinajstić information content (AvgIpc) is 2.31. The summed E-state index contributed by atoms with van der Waals surface area (Å²) in [5.41, 5.74) is 0. The molecule has 0 N–H and O–H groups in total. The molecule has 0 aromatic heterocycles. The van der Waals surface area contributed by atoms with Gasteiger partial charge in [-0.2, -0.15) is 0 Å². The number of ether oxygens (including phenoxy) is 1. The second kappa shape index (κ2) is 2.22. The van der Waals surface area contributed by atoms with Crippen molar-refractivity contribution in [1.29, 1.82) is 0 Å². The number of carbonyl (C=O) groups is 1. The van der Waals surface area contributed by atoms with E-state index in [1.165, 1.54) is 0 Å². The van der Waals surface area contributed by atoms with Crippen molar-refractivity contribution in [2.75, 3.05) is 0 Å². The molecule has 0 amide bonds. The minimum absolute atomic E-state index is 0.0863. The number of allylic oxidation sites excluding steroid dienone is 4. The van der Waals surface area contributed by atoms with Crippen molar-refractivity contribution in [3.05, 3.63) is 24.0 Å². The summed E-state index contributed by atoms with van der Waals surface area (Å²) >= 11 is 0. The zero-order chi connectivity index (χ0) is 7.84. The summed E-state index contributed by atoms with van der Waals surface area (Å²) in [4.78, 5) is 10.9. The van der Waals surface area contributed by atoms with Gasteiger partial charge in [0.05, 0.1) is 6.42 Å². The summed E-state index contributed by atoms with van der Waals surface area (Å²) in [6, 6.07) is 0. The Morgan fingerprint density at radius 1 is 1.64 bits per heavy atom. The summed E-state index contributed by atoms with van der Waals surface area (Å²) in [6.45, 7) is 2.11. The Balaban J connectivity index is 2.28. The van der Waals surface area contributed by atoms with Crippen LogP contribution in [-0.2, 0) is 9.53 Å². The number of hydrogen-bond donors (Lipinski definition) is 0. The number of fused-ring (bicyclic) bond motifs is 1. The summed E-state index contributed by atoms with van der Waals surface area (Å²) in [6.07, 6.45) is 6.50. The van der Waals surface area contributed by atoms with Gasteiger partial charge in [-0.3, -0.25) is 4.79 Å². The molecule has 1 heterocycles. The predicted octanol–water partition coefficient (Wildman–Crippen LogP) is 1.64. The molecule has 2 heteroatoms. The fraction of sp³-hybridized carbons (Fsp3) is 0.444. The molecule has 1 fully saturated rings. The van der Waals surface area contributed by atoms with Gasteiger partial charge in [0, 0.05) is 5.92 Å². The minimum Gasteiger partial charge on any atom is -0.431 e. The number of esters is 1. The summed E-state index contributed by atoms with van der Waals surface area (Å²) in [5, 5.41) is 0. The van der Waals surface area contributed by atoms with Crippen molar-refractivity contribution < 1.29 is 9.53 Å². The fourth-order valence-corrected chi connectivity index (χ4v) is 1.59. The van der Waals surface area contributed by atoms with E-state index >= 15 is 0 Å². The maximum Gasteiger partial charge on any atom is 0.311 e. The van der Waals surface area contributed by atoms with E-state index in [4.69, 9.17) is 4.74 Å². The molecule has 2 unspecified atom stereocenters. The molecular formula is C9H10O2. The average molecular weight is 150 g/mol. The highest BCUT2D eigenvalue weighted by Gasteiger charge is 2.33. The normalized spacial score (nSPS) is 34.6. The third-order valence-electron chi connectivity index (χ3n) is 2.29. The molecule has 0 radical (unpaired) electrons. The van der Waals surface area contributed by atoms with Crippen molar-refractivity contribution in [2.45, 2.75) is 13.3 Å². The summed E-state index contributed by atoms with van der Waals surface area (Å²) in [5.74, 6) is 1.52. The van der Waals surface area contributed by atoms with E-state index in [2.05, 4.69) is 13.0 Å². The second-order valence-electron chi connectivity index (χ2n) is 3.10. The van der Waals surface area contributed by atoms with Crippen LogP contribution in [0.25, 0.3) is 0 Å². The molecule has 1 saturated heterocycles. The largest absolute Gasteiger partial charge is 0.431 e. The quantitative estimate of drug-likeness (QED) is 0.491. The predicted molar refractivity (Wildman–Crippen MR) is 40.6 cm³/mol. The van der Waals surface area contributed by atoms with E-state index < -0.39 is 0 Å². The van der Waals surface area contributed by atoms with Crippen molar-refractivity contribution in [3.8, 4) is 0 Å². The molecule has 0 aromatic carbocycles. The monoisotopic (exact) mass is 150 g/mol. The third kappa shape index (κ3) is 0.985. The van der Waals surface area contributed by atoms with Gasteiger partial charge in [0.25, 0.3) is 0 Å². The van der Waals surface area contributed by atoms with Crippen LogP contribution in [0.15, 0.2) is 24.0 Å². The summed E-state index contributed by atoms with van der Waals surface area (Å²) < 4.78 is 5.01. The Labute approximate surface area is 65.5 Å². The van der Waals surface area contributed by atoms with E-state index in [1.807, 2.05) is 12.2 Å². The topological polar surface area (TPSA) is 26.3 Å². The van der Waals surface area contributed by atoms with Gasteiger partial charge < -0.3 is 4.74 Å². The highest BCUT2D eigenvalue weighted by atomic mass is 16.5.